The number of amides is 2. The Morgan fingerprint density at radius 2 is 1.36 bits per heavy atom. The molecule has 0 spiro atoms. The largest absolute Gasteiger partial charge is 0.480 e. The number of aliphatic carboxylic acids is 1. The second-order valence-electron chi connectivity index (χ2n) is 24.3. The number of aryl methyl sites for hydroxylation is 2. The van der Waals surface area contributed by atoms with Crippen LogP contribution in [0.5, 0.6) is 5.75 Å². The van der Waals surface area contributed by atoms with Gasteiger partial charge >= 0.3 is 18.0 Å². The molecular weight excluding hydrogens is 1100 g/mol. The monoisotopic (exact) mass is 1170 g/mol. The molecule has 4 aliphatic rings. The van der Waals surface area contributed by atoms with E-state index >= 15 is 0 Å². The van der Waals surface area contributed by atoms with Crippen molar-refractivity contribution < 1.29 is 43.3 Å². The van der Waals surface area contributed by atoms with Crippen LogP contribution < -0.4 is 15.4 Å². The predicted molar refractivity (Wildman–Crippen MR) is 331 cm³/mol. The molecule has 0 saturated heterocycles. The highest BCUT2D eigenvalue weighted by Gasteiger charge is 2.45. The maximum absolute atomic E-state index is 14.5. The first-order valence-corrected chi connectivity index (χ1v) is 30.3. The van der Waals surface area contributed by atoms with E-state index in [0.29, 0.717) is 67.5 Å². The van der Waals surface area contributed by atoms with Gasteiger partial charge in [0.15, 0.2) is 11.6 Å². The van der Waals surface area contributed by atoms with Crippen LogP contribution in [0.4, 0.5) is 4.79 Å². The number of nitrogens with zero attached hydrogens (tertiary/aromatic N) is 4. The number of hydrogen-bond acceptors (Lipinski definition) is 12. The summed E-state index contributed by atoms with van der Waals surface area (Å²) in [6.45, 7) is 14.0. The molecule has 448 valence electrons. The van der Waals surface area contributed by atoms with E-state index in [1.165, 1.54) is 38.4 Å². The van der Waals surface area contributed by atoms with Crippen LogP contribution in [-0.2, 0) is 19.1 Å². The highest BCUT2D eigenvalue weighted by Crippen LogP contribution is 2.49. The molecule has 87 heavy (non-hydrogen) atoms. The van der Waals surface area contributed by atoms with Crippen molar-refractivity contribution in [1.82, 2.24) is 50.5 Å². The number of carbonyl (C=O) groups excluding carboxylic acids is 5. The molecule has 8 aromatic rings. The standard InChI is InChI=1S/C68H72N10O9/c1-9-43-33(3)48-31-55-57(37(7)79)35(5)50(71-55)29-49-34(4)44(61(72-49)59-60(67(84)86-8)63(81)58-36(6)51(73-62(58)59)30-52(43)70-48)22-25-56(80)69-26-10-11-47(66(82)83)78-68(85)87-42-20-16-39(17-21-42)64-74-46-24-19-41(28-54(46)76-64)65-75-45-23-18-40(27-53(45)77-65)38-14-12-32(2)13-15-38/h16-21,23-24,27-34,38,43-44,47,60,71,73H,9-15,22,25-26H2,1-8H3,(H,69,80)(H,74,76)(H,75,77)(H,78,85)(H,82,83)/t32?,33-,34+,38?,43-,44+,47?,60?/m1/s1. The normalized spacial score (nSPS) is 20.2. The molecule has 2 amide bonds. The predicted octanol–water partition coefficient (Wildman–Crippen LogP) is 13.1. The number of Topliss-reactive ketones (excluding diaryl/α,β-unsaturated/α-hetero) is 2. The lowest BCUT2D eigenvalue weighted by atomic mass is 9.79. The van der Waals surface area contributed by atoms with Gasteiger partial charge in [0, 0.05) is 92.6 Å². The van der Waals surface area contributed by atoms with Gasteiger partial charge in [0.2, 0.25) is 5.91 Å². The third-order valence-corrected chi connectivity index (χ3v) is 18.8. The van der Waals surface area contributed by atoms with Crippen LogP contribution in [0.15, 0.2) is 78.9 Å². The maximum atomic E-state index is 14.5. The molecular formula is C68H72N10O9. The smallest absolute Gasteiger partial charge is 0.413 e. The molecule has 0 radical (unpaired) electrons. The molecule has 1 fully saturated rings. The van der Waals surface area contributed by atoms with Gasteiger partial charge in [0.1, 0.15) is 29.4 Å². The van der Waals surface area contributed by atoms with E-state index in [1.54, 1.807) is 31.2 Å². The van der Waals surface area contributed by atoms with Crippen LogP contribution in [0.3, 0.4) is 0 Å². The van der Waals surface area contributed by atoms with E-state index in [2.05, 4.69) is 69.5 Å². The summed E-state index contributed by atoms with van der Waals surface area (Å²) < 4.78 is 10.8. The third-order valence-electron chi connectivity index (χ3n) is 18.8. The van der Waals surface area contributed by atoms with Crippen LogP contribution >= 0.6 is 0 Å². The molecule has 2 aliphatic heterocycles. The van der Waals surface area contributed by atoms with E-state index in [-0.39, 0.29) is 67.4 Å². The molecule has 8 bridgehead atoms. The van der Waals surface area contributed by atoms with Crippen molar-refractivity contribution in [3.63, 3.8) is 0 Å². The van der Waals surface area contributed by atoms with Gasteiger partial charge in [-0.15, -0.1) is 0 Å². The summed E-state index contributed by atoms with van der Waals surface area (Å²) in [5.41, 5.74) is 14.6. The molecule has 2 aliphatic carbocycles. The Labute approximate surface area is 502 Å². The summed E-state index contributed by atoms with van der Waals surface area (Å²) in [4.78, 5) is 115. The molecule has 7 heterocycles. The number of benzene rings is 3. The van der Waals surface area contributed by atoms with Crippen molar-refractivity contribution in [3.8, 4) is 28.5 Å². The zero-order valence-corrected chi connectivity index (χ0v) is 50.2. The second kappa shape index (κ2) is 23.5. The highest BCUT2D eigenvalue weighted by atomic mass is 16.6. The van der Waals surface area contributed by atoms with Crippen molar-refractivity contribution in [3.05, 3.63) is 135 Å². The van der Waals surface area contributed by atoms with E-state index in [4.69, 9.17) is 29.4 Å². The summed E-state index contributed by atoms with van der Waals surface area (Å²) >= 11 is 0. The van der Waals surface area contributed by atoms with Gasteiger partial charge in [-0.2, -0.15) is 0 Å². The minimum absolute atomic E-state index is 0.00838. The van der Waals surface area contributed by atoms with Crippen LogP contribution in [0.1, 0.15) is 194 Å². The number of methoxy groups -OCH3 is 1. The number of fused-ring (bicyclic) bond motifs is 10. The number of hydrogen-bond donors (Lipinski definition) is 7. The number of ketones is 2. The first-order valence-electron chi connectivity index (χ1n) is 30.3. The fraction of sp³-hybridized carbons (Fsp3) is 0.382. The number of carboxylic acids is 1. The molecule has 5 aromatic heterocycles. The van der Waals surface area contributed by atoms with Crippen molar-refractivity contribution >= 4 is 79.6 Å². The molecule has 19 nitrogen and oxygen atoms in total. The van der Waals surface area contributed by atoms with Crippen molar-refractivity contribution in [1.29, 1.82) is 0 Å². The number of carbonyl (C=O) groups is 6. The van der Waals surface area contributed by atoms with Gasteiger partial charge < -0.3 is 45.1 Å². The number of esters is 1. The molecule has 19 heteroatoms. The lowest BCUT2D eigenvalue weighted by Crippen LogP contribution is -2.42. The molecule has 2 unspecified atom stereocenters. The van der Waals surface area contributed by atoms with Crippen LogP contribution in [0.2, 0.25) is 0 Å². The zero-order chi connectivity index (χ0) is 61.1. The summed E-state index contributed by atoms with van der Waals surface area (Å²) in [6.07, 6.45) is 5.31. The fourth-order valence-corrected chi connectivity index (χ4v) is 13.8. The number of imidazole rings is 2. The lowest BCUT2D eigenvalue weighted by molar-refractivity contribution is -0.141. The summed E-state index contributed by atoms with van der Waals surface area (Å²) in [7, 11) is 1.25. The topological polar surface area (TPSA) is 280 Å². The van der Waals surface area contributed by atoms with Crippen LogP contribution in [0.25, 0.3) is 66.9 Å². The number of aromatic amines is 4. The molecule has 1 saturated carbocycles. The highest BCUT2D eigenvalue weighted by molar-refractivity contribution is 6.23. The minimum Gasteiger partial charge on any atom is -0.480 e. The average Bonchev–Trinajstić information content (AvgIpc) is 1.62. The third kappa shape index (κ3) is 11.1. The maximum Gasteiger partial charge on any atom is 0.413 e. The number of nitrogens with one attached hydrogen (secondary N) is 6. The van der Waals surface area contributed by atoms with Gasteiger partial charge in [-0.05, 0) is 161 Å². The Morgan fingerprint density at radius 3 is 2.06 bits per heavy atom. The lowest BCUT2D eigenvalue weighted by Gasteiger charge is -2.26. The minimum atomic E-state index is -1.31. The van der Waals surface area contributed by atoms with E-state index in [9.17, 15) is 33.9 Å². The Kier molecular flexibility index (Phi) is 15.7. The first kappa shape index (κ1) is 58.1. The van der Waals surface area contributed by atoms with Gasteiger partial charge in [0.25, 0.3) is 0 Å². The Morgan fingerprint density at radius 1 is 0.713 bits per heavy atom. The average molecular weight is 1170 g/mol. The zero-order valence-electron chi connectivity index (χ0n) is 50.2. The van der Waals surface area contributed by atoms with E-state index < -0.39 is 41.7 Å². The SMILES string of the molecule is CC[C@H]1c2cc3[nH]c4c(c3C)C(=O)C(C(=O)OC)c4c3nc(cc4[nH]c(cc(n2)[C@@H]1C)c(C(C)=O)c4C)[C@@H](C)[C@@H]3CCC(=O)NCCCC(NC(=O)Oc1ccc(-c2nc3ccc(-c4nc5ccc(C6CCC(C)CC6)cc5[nH]4)cc3[nH]2)cc1)C(=O)O. The van der Waals surface area contributed by atoms with Gasteiger partial charge in [-0.3, -0.25) is 29.1 Å². The number of aromatic nitrogens is 8. The molecule has 7 N–H and O–H groups in total. The number of H-pyrrole nitrogens is 4. The summed E-state index contributed by atoms with van der Waals surface area (Å²) in [5.74, 6) is -1.82. The number of rotatable bonds is 16. The first-order chi connectivity index (χ1) is 41.8. The van der Waals surface area contributed by atoms with Crippen molar-refractivity contribution in [2.24, 2.45) is 5.92 Å². The van der Waals surface area contributed by atoms with Gasteiger partial charge in [-0.25, -0.2) is 19.6 Å². The summed E-state index contributed by atoms with van der Waals surface area (Å²) in [6, 6.07) is 23.8. The van der Waals surface area contributed by atoms with Crippen molar-refractivity contribution in [2.75, 3.05) is 13.7 Å². The quantitative estimate of drug-likeness (QED) is 0.0205. The Balaban J connectivity index is 0.699. The Bertz CT molecular complexity index is 4280. The molecule has 3 aromatic carbocycles. The number of ether oxygens (including phenoxy) is 2. The number of carboxylic acid groups (broad SMARTS) is 1. The molecule has 6 atom stereocenters. The fourth-order valence-electron chi connectivity index (χ4n) is 13.8. The summed E-state index contributed by atoms with van der Waals surface area (Å²) in [5, 5.41) is 15.4. The van der Waals surface area contributed by atoms with Gasteiger partial charge in [0.05, 0.1) is 45.9 Å². The van der Waals surface area contributed by atoms with Crippen LogP contribution in [-0.4, -0.2) is 100 Å². The van der Waals surface area contributed by atoms with E-state index in [0.717, 1.165) is 68.3 Å². The van der Waals surface area contributed by atoms with Gasteiger partial charge in [-0.1, -0.05) is 46.6 Å². The van der Waals surface area contributed by atoms with Crippen molar-refractivity contribution in [2.45, 2.75) is 148 Å². The molecule has 12 rings (SSSR count). The van der Waals surface area contributed by atoms with Crippen LogP contribution in [0, 0.1) is 19.8 Å². The second-order valence-corrected chi connectivity index (χ2v) is 24.3. The van der Waals surface area contributed by atoms with E-state index in [1.807, 2.05) is 57.2 Å². The Hall–Kier alpha value is -9.26.